The van der Waals surface area contributed by atoms with E-state index in [1.807, 2.05) is 0 Å². The molecule has 0 aliphatic carbocycles. The number of para-hydroxylation sites is 1. The maximum absolute atomic E-state index is 14.1. The molecular formula is C14H12ClFN4O3S. The van der Waals surface area contributed by atoms with Gasteiger partial charge >= 0.3 is 0 Å². The lowest BCUT2D eigenvalue weighted by Gasteiger charge is -2.35. The highest BCUT2D eigenvalue weighted by Gasteiger charge is 2.33. The van der Waals surface area contributed by atoms with Crippen molar-refractivity contribution >= 4 is 38.9 Å². The molecular weight excluding hydrogens is 359 g/mol. The molecule has 1 aliphatic rings. The molecule has 7 nitrogen and oxygen atoms in total. The molecule has 24 heavy (non-hydrogen) atoms. The number of halogens is 2. The predicted molar refractivity (Wildman–Crippen MR) is 86.6 cm³/mol. The number of sulfone groups is 1. The number of benzene rings is 1. The SMILES string of the molecule is CN1CN(c2c(F)cccc2Cl)C(=O)c2cnc(S(C)(=O)=O)nc21. The van der Waals surface area contributed by atoms with Gasteiger partial charge in [0.2, 0.25) is 15.0 Å². The van der Waals surface area contributed by atoms with Crippen LogP contribution < -0.4 is 9.80 Å². The van der Waals surface area contributed by atoms with Crippen LogP contribution in [0, 0.1) is 5.82 Å². The zero-order valence-corrected chi connectivity index (χ0v) is 14.3. The summed E-state index contributed by atoms with van der Waals surface area (Å²) in [6.07, 6.45) is 2.10. The lowest BCUT2D eigenvalue weighted by Crippen LogP contribution is -2.46. The average Bonchev–Trinajstić information content (AvgIpc) is 2.50. The van der Waals surface area contributed by atoms with Crippen molar-refractivity contribution in [3.8, 4) is 0 Å². The molecule has 0 saturated carbocycles. The first-order valence-electron chi connectivity index (χ1n) is 6.74. The van der Waals surface area contributed by atoms with Crippen LogP contribution in [0.3, 0.4) is 0 Å². The molecule has 1 aromatic heterocycles. The van der Waals surface area contributed by atoms with Crippen LogP contribution in [0.5, 0.6) is 0 Å². The molecule has 2 aromatic rings. The van der Waals surface area contributed by atoms with Crippen LogP contribution in [0.2, 0.25) is 5.02 Å². The Morgan fingerprint density at radius 2 is 2.04 bits per heavy atom. The molecule has 1 aliphatic heterocycles. The van der Waals surface area contributed by atoms with Gasteiger partial charge in [0.05, 0.1) is 11.7 Å². The monoisotopic (exact) mass is 370 g/mol. The molecule has 1 aromatic carbocycles. The van der Waals surface area contributed by atoms with Crippen LogP contribution in [-0.4, -0.2) is 44.3 Å². The van der Waals surface area contributed by atoms with Gasteiger partial charge in [-0.15, -0.1) is 0 Å². The van der Waals surface area contributed by atoms with E-state index in [1.165, 1.54) is 23.1 Å². The molecule has 0 bridgehead atoms. The van der Waals surface area contributed by atoms with E-state index in [-0.39, 0.29) is 33.9 Å². The smallest absolute Gasteiger partial charge is 0.265 e. The molecule has 3 rings (SSSR count). The van der Waals surface area contributed by atoms with Gasteiger partial charge in [-0.3, -0.25) is 9.69 Å². The van der Waals surface area contributed by atoms with Crippen LogP contribution in [0.25, 0.3) is 0 Å². The summed E-state index contributed by atoms with van der Waals surface area (Å²) < 4.78 is 37.3. The Balaban J connectivity index is 2.12. The fourth-order valence-corrected chi connectivity index (χ4v) is 3.15. The van der Waals surface area contributed by atoms with Crippen molar-refractivity contribution in [2.75, 3.05) is 29.8 Å². The van der Waals surface area contributed by atoms with Gasteiger partial charge in [0.25, 0.3) is 5.91 Å². The molecule has 10 heteroatoms. The highest BCUT2D eigenvalue weighted by atomic mass is 35.5. The van der Waals surface area contributed by atoms with Gasteiger partial charge in [-0.2, -0.15) is 0 Å². The summed E-state index contributed by atoms with van der Waals surface area (Å²) in [7, 11) is -2.01. The van der Waals surface area contributed by atoms with E-state index >= 15 is 0 Å². The first kappa shape index (κ1) is 16.6. The van der Waals surface area contributed by atoms with E-state index < -0.39 is 21.6 Å². The van der Waals surface area contributed by atoms with Gasteiger partial charge < -0.3 is 4.90 Å². The van der Waals surface area contributed by atoms with Crippen molar-refractivity contribution < 1.29 is 17.6 Å². The van der Waals surface area contributed by atoms with Gasteiger partial charge in [0.15, 0.2) is 0 Å². The van der Waals surface area contributed by atoms with Crippen molar-refractivity contribution in [1.29, 1.82) is 0 Å². The fourth-order valence-electron chi connectivity index (χ4n) is 2.39. The van der Waals surface area contributed by atoms with E-state index in [1.54, 1.807) is 7.05 Å². The second-order valence-corrected chi connectivity index (χ2v) is 7.62. The third kappa shape index (κ3) is 2.69. The zero-order valence-electron chi connectivity index (χ0n) is 12.7. The van der Waals surface area contributed by atoms with Crippen LogP contribution >= 0.6 is 11.6 Å². The van der Waals surface area contributed by atoms with Crippen LogP contribution in [0.1, 0.15) is 10.4 Å². The van der Waals surface area contributed by atoms with Crippen LogP contribution in [-0.2, 0) is 9.84 Å². The topological polar surface area (TPSA) is 83.5 Å². The van der Waals surface area contributed by atoms with Crippen molar-refractivity contribution in [2.45, 2.75) is 5.16 Å². The van der Waals surface area contributed by atoms with E-state index in [4.69, 9.17) is 11.6 Å². The van der Waals surface area contributed by atoms with E-state index in [0.717, 1.165) is 17.4 Å². The Kier molecular flexibility index (Phi) is 3.92. The first-order valence-corrected chi connectivity index (χ1v) is 9.01. The summed E-state index contributed by atoms with van der Waals surface area (Å²) in [6.45, 7) is -0.0350. The lowest BCUT2D eigenvalue weighted by atomic mass is 10.2. The minimum atomic E-state index is -3.61. The quantitative estimate of drug-likeness (QED) is 0.748. The molecule has 0 saturated heterocycles. The molecule has 1 amide bonds. The number of hydrogen-bond acceptors (Lipinski definition) is 6. The Labute approximate surface area is 142 Å². The number of carbonyl (C=O) groups excluding carboxylic acids is 1. The Morgan fingerprint density at radius 3 is 2.67 bits per heavy atom. The second kappa shape index (κ2) is 5.67. The molecule has 0 unspecified atom stereocenters. The summed E-state index contributed by atoms with van der Waals surface area (Å²) in [5.41, 5.74) is 0.0179. The molecule has 126 valence electrons. The number of amides is 1. The van der Waals surface area contributed by atoms with E-state index in [9.17, 15) is 17.6 Å². The molecule has 2 heterocycles. The zero-order chi connectivity index (χ0) is 17.6. The maximum Gasteiger partial charge on any atom is 0.265 e. The van der Waals surface area contributed by atoms with E-state index in [2.05, 4.69) is 9.97 Å². The largest absolute Gasteiger partial charge is 0.341 e. The van der Waals surface area contributed by atoms with Crippen molar-refractivity contribution in [3.05, 3.63) is 40.8 Å². The minimum Gasteiger partial charge on any atom is -0.341 e. The van der Waals surface area contributed by atoms with Gasteiger partial charge in [0, 0.05) is 19.5 Å². The number of aromatic nitrogens is 2. The number of hydrogen-bond donors (Lipinski definition) is 0. The summed E-state index contributed by atoms with van der Waals surface area (Å²) in [5, 5.41) is -0.285. The van der Waals surface area contributed by atoms with Crippen LogP contribution in [0.15, 0.2) is 29.6 Å². The summed E-state index contributed by atoms with van der Waals surface area (Å²) >= 11 is 6.03. The van der Waals surface area contributed by atoms with Gasteiger partial charge in [-0.1, -0.05) is 17.7 Å². The summed E-state index contributed by atoms with van der Waals surface area (Å²) in [5.74, 6) is -1.03. The standard InChI is InChI=1S/C14H12ClFN4O3S/c1-19-7-20(11-9(15)4-3-5-10(11)16)13(21)8-6-17-14(18-12(8)19)24(2,22)23/h3-6H,7H2,1-2H3. The van der Waals surface area contributed by atoms with Gasteiger partial charge in [-0.25, -0.2) is 22.8 Å². The maximum atomic E-state index is 14.1. The minimum absolute atomic E-state index is 0.0350. The Morgan fingerprint density at radius 1 is 1.33 bits per heavy atom. The van der Waals surface area contributed by atoms with Crippen molar-refractivity contribution in [2.24, 2.45) is 0 Å². The molecule has 0 N–H and O–H groups in total. The normalized spacial score (nSPS) is 14.8. The first-order chi connectivity index (χ1) is 11.2. The molecule has 0 atom stereocenters. The molecule has 0 radical (unpaired) electrons. The lowest BCUT2D eigenvalue weighted by molar-refractivity contribution is 0.0980. The highest BCUT2D eigenvalue weighted by Crippen LogP contribution is 2.34. The fraction of sp³-hybridized carbons (Fsp3) is 0.214. The number of anilines is 2. The highest BCUT2D eigenvalue weighted by molar-refractivity contribution is 7.90. The third-order valence-corrected chi connectivity index (χ3v) is 4.64. The van der Waals surface area contributed by atoms with Crippen molar-refractivity contribution in [1.82, 2.24) is 9.97 Å². The summed E-state index contributed by atoms with van der Waals surface area (Å²) in [6, 6.07) is 4.12. The number of fused-ring (bicyclic) bond motifs is 1. The van der Waals surface area contributed by atoms with Gasteiger partial charge in [0.1, 0.15) is 22.9 Å². The number of rotatable bonds is 2. The number of carbonyl (C=O) groups is 1. The van der Waals surface area contributed by atoms with E-state index in [0.29, 0.717) is 0 Å². The molecule has 0 fully saturated rings. The number of nitrogens with zero attached hydrogens (tertiary/aromatic N) is 4. The van der Waals surface area contributed by atoms with Crippen molar-refractivity contribution in [3.63, 3.8) is 0 Å². The third-order valence-electron chi connectivity index (χ3n) is 3.48. The summed E-state index contributed by atoms with van der Waals surface area (Å²) in [4.78, 5) is 23.0. The second-order valence-electron chi connectivity index (χ2n) is 5.30. The predicted octanol–water partition coefficient (Wildman–Crippen LogP) is 1.73. The average molecular weight is 371 g/mol. The Hall–Kier alpha value is -2.26. The Bertz CT molecular complexity index is 931. The van der Waals surface area contributed by atoms with Gasteiger partial charge in [-0.05, 0) is 12.1 Å². The van der Waals surface area contributed by atoms with Crippen LogP contribution in [0.4, 0.5) is 15.9 Å². The molecule has 0 spiro atoms.